The van der Waals surface area contributed by atoms with E-state index in [-0.39, 0.29) is 5.82 Å². The molecule has 1 heterocycles. The summed E-state index contributed by atoms with van der Waals surface area (Å²) in [5, 5.41) is 2.93. The number of halogens is 1. The van der Waals surface area contributed by atoms with Crippen LogP contribution in [0.1, 0.15) is 11.4 Å². The van der Waals surface area contributed by atoms with Crippen LogP contribution in [0.25, 0.3) is 0 Å². The summed E-state index contributed by atoms with van der Waals surface area (Å²) in [4.78, 5) is 7.77. The molecule has 0 spiro atoms. The third-order valence-electron chi connectivity index (χ3n) is 2.15. The minimum atomic E-state index is -0.452. The van der Waals surface area contributed by atoms with Gasteiger partial charge in [0.05, 0.1) is 6.20 Å². The highest BCUT2D eigenvalue weighted by Crippen LogP contribution is 2.17. The van der Waals surface area contributed by atoms with E-state index in [4.69, 9.17) is 0 Å². The van der Waals surface area contributed by atoms with E-state index < -0.39 is 5.82 Å². The quantitative estimate of drug-likeness (QED) is 0.840. The Morgan fingerprint density at radius 3 is 2.81 bits per heavy atom. The summed E-state index contributed by atoms with van der Waals surface area (Å²) in [6, 6.07) is 7.68. The van der Waals surface area contributed by atoms with Crippen LogP contribution in [0.3, 0.4) is 0 Å². The van der Waals surface area contributed by atoms with Crippen molar-refractivity contribution in [3.05, 3.63) is 47.7 Å². The minimum absolute atomic E-state index is 0.207. The van der Waals surface area contributed by atoms with Gasteiger partial charge in [0, 0.05) is 5.69 Å². The van der Waals surface area contributed by atoms with Crippen molar-refractivity contribution in [1.82, 2.24) is 9.97 Å². The number of nitrogens with zero attached hydrogens (tertiary/aromatic N) is 2. The Balaban J connectivity index is 2.30. The zero-order valence-corrected chi connectivity index (χ0v) is 9.16. The third-order valence-corrected chi connectivity index (χ3v) is 2.15. The zero-order valence-electron chi connectivity index (χ0n) is 9.16. The molecule has 0 saturated heterocycles. The van der Waals surface area contributed by atoms with Gasteiger partial charge >= 0.3 is 0 Å². The molecular formula is C12H12FN3. The summed E-state index contributed by atoms with van der Waals surface area (Å²) in [5.74, 6) is 0.293. The third kappa shape index (κ3) is 2.34. The SMILES string of the molecule is Cc1cccc(Nc2nc(C)ncc2F)c1. The molecule has 0 fully saturated rings. The standard InChI is InChI=1S/C12H12FN3/c1-8-4-3-5-10(6-8)16-12-11(13)7-14-9(2)15-12/h3-7H,1-2H3,(H,14,15,16). The number of hydrogen-bond donors (Lipinski definition) is 1. The molecule has 0 aliphatic heterocycles. The summed E-state index contributed by atoms with van der Waals surface area (Å²) in [6.45, 7) is 3.70. The first-order valence-corrected chi connectivity index (χ1v) is 4.98. The first-order chi connectivity index (χ1) is 7.65. The monoisotopic (exact) mass is 217 g/mol. The molecule has 0 unspecified atom stereocenters. The summed E-state index contributed by atoms with van der Waals surface area (Å²) >= 11 is 0. The van der Waals surface area contributed by atoms with Crippen LogP contribution in [0.15, 0.2) is 30.5 Å². The van der Waals surface area contributed by atoms with Crippen molar-refractivity contribution in [3.63, 3.8) is 0 Å². The molecule has 0 aliphatic carbocycles. The van der Waals surface area contributed by atoms with Gasteiger partial charge in [0.15, 0.2) is 11.6 Å². The lowest BCUT2D eigenvalue weighted by molar-refractivity contribution is 0.616. The van der Waals surface area contributed by atoms with Gasteiger partial charge in [-0.1, -0.05) is 12.1 Å². The highest BCUT2D eigenvalue weighted by atomic mass is 19.1. The number of nitrogens with one attached hydrogen (secondary N) is 1. The number of aryl methyl sites for hydroxylation is 2. The van der Waals surface area contributed by atoms with Crippen LogP contribution in [0, 0.1) is 19.7 Å². The number of rotatable bonds is 2. The largest absolute Gasteiger partial charge is 0.338 e. The molecule has 16 heavy (non-hydrogen) atoms. The molecule has 0 amide bonds. The summed E-state index contributed by atoms with van der Waals surface area (Å²) < 4.78 is 13.4. The van der Waals surface area contributed by atoms with E-state index in [9.17, 15) is 4.39 Å². The zero-order chi connectivity index (χ0) is 11.5. The van der Waals surface area contributed by atoms with Crippen LogP contribution in [0.4, 0.5) is 15.9 Å². The molecular weight excluding hydrogens is 205 g/mol. The van der Waals surface area contributed by atoms with Gasteiger partial charge in [-0.05, 0) is 31.5 Å². The van der Waals surface area contributed by atoms with Crippen molar-refractivity contribution in [3.8, 4) is 0 Å². The highest BCUT2D eigenvalue weighted by molar-refractivity contribution is 5.57. The van der Waals surface area contributed by atoms with Crippen LogP contribution < -0.4 is 5.32 Å². The van der Waals surface area contributed by atoms with Gasteiger partial charge in [-0.3, -0.25) is 0 Å². The Bertz CT molecular complexity index is 511. The Morgan fingerprint density at radius 2 is 2.06 bits per heavy atom. The summed E-state index contributed by atoms with van der Waals surface area (Å²) in [5.41, 5.74) is 1.92. The predicted molar refractivity (Wildman–Crippen MR) is 61.2 cm³/mol. The van der Waals surface area contributed by atoms with Crippen LogP contribution in [-0.2, 0) is 0 Å². The lowest BCUT2D eigenvalue weighted by Gasteiger charge is -2.07. The molecule has 0 aliphatic rings. The van der Waals surface area contributed by atoms with Gasteiger partial charge in [-0.25, -0.2) is 14.4 Å². The maximum absolute atomic E-state index is 13.4. The van der Waals surface area contributed by atoms with Crippen LogP contribution in [0.2, 0.25) is 0 Å². The molecule has 1 aromatic heterocycles. The lowest BCUT2D eigenvalue weighted by atomic mass is 10.2. The lowest BCUT2D eigenvalue weighted by Crippen LogP contribution is -2.00. The van der Waals surface area contributed by atoms with E-state index in [0.717, 1.165) is 11.3 Å². The number of anilines is 2. The molecule has 82 valence electrons. The van der Waals surface area contributed by atoms with Crippen LogP contribution in [-0.4, -0.2) is 9.97 Å². The Kier molecular flexibility index (Phi) is 2.81. The number of aromatic nitrogens is 2. The van der Waals surface area contributed by atoms with E-state index in [0.29, 0.717) is 5.82 Å². The minimum Gasteiger partial charge on any atom is -0.338 e. The molecule has 1 aromatic carbocycles. The maximum Gasteiger partial charge on any atom is 0.184 e. The molecule has 2 rings (SSSR count). The van der Waals surface area contributed by atoms with Crippen molar-refractivity contribution in [2.75, 3.05) is 5.32 Å². The Labute approximate surface area is 93.4 Å². The maximum atomic E-state index is 13.4. The van der Waals surface area contributed by atoms with E-state index in [1.165, 1.54) is 6.20 Å². The van der Waals surface area contributed by atoms with Crippen molar-refractivity contribution >= 4 is 11.5 Å². The van der Waals surface area contributed by atoms with E-state index in [2.05, 4.69) is 15.3 Å². The second-order valence-corrected chi connectivity index (χ2v) is 3.61. The van der Waals surface area contributed by atoms with Crippen LogP contribution in [0.5, 0.6) is 0 Å². The van der Waals surface area contributed by atoms with Gasteiger partial charge < -0.3 is 5.32 Å². The predicted octanol–water partition coefficient (Wildman–Crippen LogP) is 2.98. The average molecular weight is 217 g/mol. The fourth-order valence-corrected chi connectivity index (χ4v) is 1.40. The van der Waals surface area contributed by atoms with Crippen molar-refractivity contribution < 1.29 is 4.39 Å². The molecule has 0 atom stereocenters. The van der Waals surface area contributed by atoms with Crippen LogP contribution >= 0.6 is 0 Å². The van der Waals surface area contributed by atoms with Gasteiger partial charge in [-0.2, -0.15) is 0 Å². The van der Waals surface area contributed by atoms with Gasteiger partial charge in [-0.15, -0.1) is 0 Å². The van der Waals surface area contributed by atoms with E-state index >= 15 is 0 Å². The molecule has 4 heteroatoms. The van der Waals surface area contributed by atoms with E-state index in [1.807, 2.05) is 31.2 Å². The van der Waals surface area contributed by atoms with Crippen molar-refractivity contribution in [2.45, 2.75) is 13.8 Å². The molecule has 0 bridgehead atoms. The molecule has 2 aromatic rings. The normalized spacial score (nSPS) is 10.2. The van der Waals surface area contributed by atoms with E-state index in [1.54, 1.807) is 6.92 Å². The molecule has 0 saturated carbocycles. The first-order valence-electron chi connectivity index (χ1n) is 4.98. The van der Waals surface area contributed by atoms with Crippen molar-refractivity contribution in [1.29, 1.82) is 0 Å². The fourth-order valence-electron chi connectivity index (χ4n) is 1.40. The number of benzene rings is 1. The molecule has 1 N–H and O–H groups in total. The average Bonchev–Trinajstić information content (AvgIpc) is 2.24. The van der Waals surface area contributed by atoms with Gasteiger partial charge in [0.1, 0.15) is 5.82 Å². The Morgan fingerprint density at radius 1 is 1.25 bits per heavy atom. The summed E-state index contributed by atoms with van der Waals surface area (Å²) in [6.07, 6.45) is 1.17. The number of hydrogen-bond acceptors (Lipinski definition) is 3. The molecule has 3 nitrogen and oxygen atoms in total. The topological polar surface area (TPSA) is 37.8 Å². The fraction of sp³-hybridized carbons (Fsp3) is 0.167. The van der Waals surface area contributed by atoms with Gasteiger partial charge in [0.2, 0.25) is 0 Å². The van der Waals surface area contributed by atoms with Gasteiger partial charge in [0.25, 0.3) is 0 Å². The Hall–Kier alpha value is -1.97. The van der Waals surface area contributed by atoms with Crippen molar-refractivity contribution in [2.24, 2.45) is 0 Å². The smallest absolute Gasteiger partial charge is 0.184 e. The highest BCUT2D eigenvalue weighted by Gasteiger charge is 2.04. The molecule has 0 radical (unpaired) electrons. The second kappa shape index (κ2) is 4.26. The first kappa shape index (κ1) is 10.5. The summed E-state index contributed by atoms with van der Waals surface area (Å²) in [7, 11) is 0. The second-order valence-electron chi connectivity index (χ2n) is 3.61.